The van der Waals surface area contributed by atoms with E-state index in [0.717, 1.165) is 0 Å². The van der Waals surface area contributed by atoms with Gasteiger partial charge in [0.15, 0.2) is 0 Å². The zero-order valence-corrected chi connectivity index (χ0v) is 21.4. The number of amides is 2. The van der Waals surface area contributed by atoms with E-state index in [9.17, 15) is 9.36 Å². The van der Waals surface area contributed by atoms with Crippen LogP contribution in [0.3, 0.4) is 0 Å². The first kappa shape index (κ1) is 26.7. The summed E-state index contributed by atoms with van der Waals surface area (Å²) in [4.78, 5) is 12.6. The molecule has 2 aromatic carbocycles. The fourth-order valence-corrected chi connectivity index (χ4v) is 5.84. The number of halogens is 6. The smallest absolute Gasteiger partial charge is 0.345 e. The summed E-state index contributed by atoms with van der Waals surface area (Å²) in [5.41, 5.74) is 0.254. The number of urea groups is 1. The maximum absolute atomic E-state index is 13.5. The summed E-state index contributed by atoms with van der Waals surface area (Å²) in [6.45, 7) is 1.58. The zero-order valence-electron chi connectivity index (χ0n) is 15.9. The van der Waals surface area contributed by atoms with Crippen LogP contribution in [0.2, 0.25) is 30.1 Å². The molecule has 0 aliphatic carbocycles. The van der Waals surface area contributed by atoms with E-state index in [2.05, 4.69) is 15.7 Å². The Morgan fingerprint density at radius 1 is 0.935 bits per heavy atom. The van der Waals surface area contributed by atoms with E-state index >= 15 is 0 Å². The minimum absolute atomic E-state index is 0.0103. The Labute approximate surface area is 209 Å². The van der Waals surface area contributed by atoms with E-state index in [0.29, 0.717) is 5.02 Å². The molecule has 170 valence electrons. The molecule has 0 aliphatic heterocycles. The van der Waals surface area contributed by atoms with Crippen LogP contribution in [0.4, 0.5) is 16.2 Å². The van der Waals surface area contributed by atoms with Crippen molar-refractivity contribution in [2.45, 2.75) is 12.9 Å². The number of ether oxygens (including phenoxy) is 1. The average molecular weight is 570 g/mol. The SMILES string of the molecule is CCO[P@@](=O)(NC(=O)Nc1c(Cl)cc(Cl)cc1Cl)[C@H](Nc1c(Cl)cc(Cl)cc1Cl)OC. The third kappa shape index (κ3) is 6.94. The van der Waals surface area contributed by atoms with Gasteiger partial charge in [-0.25, -0.2) is 4.79 Å². The summed E-state index contributed by atoms with van der Waals surface area (Å²) in [6, 6.07) is 4.72. The summed E-state index contributed by atoms with van der Waals surface area (Å²) in [6.07, 6.45) is 0. The molecule has 0 saturated carbocycles. The predicted molar refractivity (Wildman–Crippen MR) is 129 cm³/mol. The molecule has 0 heterocycles. The minimum Gasteiger partial charge on any atom is -0.351 e. The van der Waals surface area contributed by atoms with Gasteiger partial charge in [-0.3, -0.25) is 9.65 Å². The lowest BCUT2D eigenvalue weighted by molar-refractivity contribution is 0.160. The molecule has 0 unspecified atom stereocenters. The molecule has 7 nitrogen and oxygen atoms in total. The van der Waals surface area contributed by atoms with Crippen LogP contribution >= 0.6 is 77.1 Å². The van der Waals surface area contributed by atoms with E-state index in [1.54, 1.807) is 6.92 Å². The Hall–Kier alpha value is -0.600. The van der Waals surface area contributed by atoms with Crippen molar-refractivity contribution < 1.29 is 18.6 Å². The Balaban J connectivity index is 2.29. The lowest BCUT2D eigenvalue weighted by Crippen LogP contribution is -2.35. The van der Waals surface area contributed by atoms with Gasteiger partial charge in [0, 0.05) is 17.2 Å². The van der Waals surface area contributed by atoms with Gasteiger partial charge in [0.05, 0.1) is 38.1 Å². The van der Waals surface area contributed by atoms with E-state index < -0.39 is 19.5 Å². The zero-order chi connectivity index (χ0) is 23.3. The second-order valence-electron chi connectivity index (χ2n) is 5.80. The lowest BCUT2D eigenvalue weighted by Gasteiger charge is -2.28. The highest BCUT2D eigenvalue weighted by atomic mass is 35.5. The number of hydrogen-bond acceptors (Lipinski definition) is 5. The Kier molecular flexibility index (Phi) is 9.89. The highest BCUT2D eigenvalue weighted by Gasteiger charge is 2.38. The molecule has 0 saturated heterocycles. The van der Waals surface area contributed by atoms with Crippen molar-refractivity contribution in [3.05, 3.63) is 54.4 Å². The number of benzene rings is 2. The van der Waals surface area contributed by atoms with Gasteiger partial charge in [0.1, 0.15) is 0 Å². The van der Waals surface area contributed by atoms with Gasteiger partial charge in [0.25, 0.3) is 0 Å². The third-order valence-corrected chi connectivity index (χ3v) is 7.37. The summed E-state index contributed by atoms with van der Waals surface area (Å²) in [5, 5.41) is 8.49. The number of anilines is 2. The lowest BCUT2D eigenvalue weighted by atomic mass is 10.3. The molecular weight excluding hydrogens is 554 g/mol. The highest BCUT2D eigenvalue weighted by molar-refractivity contribution is 7.58. The first-order chi connectivity index (χ1) is 14.5. The van der Waals surface area contributed by atoms with Gasteiger partial charge in [-0.15, -0.1) is 0 Å². The normalized spacial score (nSPS) is 13.9. The maximum Gasteiger partial charge on any atom is 0.345 e. The van der Waals surface area contributed by atoms with Gasteiger partial charge in [-0.05, 0) is 31.2 Å². The molecular formula is C17H16Cl6N3O4P. The molecule has 3 N–H and O–H groups in total. The second-order valence-corrected chi connectivity index (χ2v) is 10.4. The molecule has 0 aliphatic rings. The van der Waals surface area contributed by atoms with Crippen molar-refractivity contribution in [3.8, 4) is 0 Å². The Bertz CT molecular complexity index is 979. The van der Waals surface area contributed by atoms with Gasteiger partial charge in [0.2, 0.25) is 5.97 Å². The Morgan fingerprint density at radius 2 is 1.39 bits per heavy atom. The largest absolute Gasteiger partial charge is 0.351 e. The van der Waals surface area contributed by atoms with Crippen LogP contribution in [-0.2, 0) is 13.8 Å². The van der Waals surface area contributed by atoms with Crippen LogP contribution in [0.15, 0.2) is 24.3 Å². The number of hydrogen-bond donors (Lipinski definition) is 3. The van der Waals surface area contributed by atoms with Crippen LogP contribution in [-0.4, -0.2) is 25.7 Å². The quantitative estimate of drug-likeness (QED) is 0.221. The third-order valence-electron chi connectivity index (χ3n) is 3.63. The molecule has 0 fully saturated rings. The van der Waals surface area contributed by atoms with Crippen molar-refractivity contribution in [2.75, 3.05) is 24.4 Å². The first-order valence-electron chi connectivity index (χ1n) is 8.42. The summed E-state index contributed by atoms with van der Waals surface area (Å²) in [7, 11) is -2.78. The van der Waals surface area contributed by atoms with Crippen molar-refractivity contribution in [1.82, 2.24) is 5.09 Å². The van der Waals surface area contributed by atoms with Crippen molar-refractivity contribution in [2.24, 2.45) is 0 Å². The summed E-state index contributed by atoms with van der Waals surface area (Å²) < 4.78 is 24.1. The van der Waals surface area contributed by atoms with Crippen molar-refractivity contribution in [1.29, 1.82) is 0 Å². The minimum atomic E-state index is -4.04. The van der Waals surface area contributed by atoms with Gasteiger partial charge in [-0.1, -0.05) is 69.6 Å². The fourth-order valence-electron chi connectivity index (χ4n) is 2.38. The van der Waals surface area contributed by atoms with Crippen LogP contribution in [0, 0.1) is 0 Å². The van der Waals surface area contributed by atoms with Crippen molar-refractivity contribution in [3.63, 3.8) is 0 Å². The maximum atomic E-state index is 13.5. The van der Waals surface area contributed by atoms with Crippen LogP contribution in [0.5, 0.6) is 0 Å². The molecule has 14 heteroatoms. The molecule has 0 spiro atoms. The van der Waals surface area contributed by atoms with Gasteiger partial charge in [-0.2, -0.15) is 0 Å². The molecule has 2 amide bonds. The Morgan fingerprint density at radius 3 is 1.81 bits per heavy atom. The molecule has 2 aromatic rings. The van der Waals surface area contributed by atoms with Gasteiger partial charge < -0.3 is 19.9 Å². The summed E-state index contributed by atoms with van der Waals surface area (Å²) in [5.74, 6) is -1.36. The fraction of sp³-hybridized carbons (Fsp3) is 0.235. The van der Waals surface area contributed by atoms with Crippen LogP contribution < -0.4 is 15.7 Å². The number of carbonyl (C=O) groups is 1. The first-order valence-corrected chi connectivity index (χ1v) is 12.4. The number of rotatable bonds is 8. The molecule has 0 bridgehead atoms. The van der Waals surface area contributed by atoms with Gasteiger partial charge >= 0.3 is 13.6 Å². The number of methoxy groups -OCH3 is 1. The molecule has 2 atom stereocenters. The van der Waals surface area contributed by atoms with E-state index in [4.69, 9.17) is 78.9 Å². The molecule has 0 aromatic heterocycles. The monoisotopic (exact) mass is 567 g/mol. The standard InChI is InChI=1S/C17H16Cl6N3O4P/c1-3-30-31(28,17(29-2)25-15-12(22)6-9(19)7-13(15)23)26-16(27)24-14-10(20)4-8(18)5-11(14)21/h4-7,17,25H,3H2,1-2H3,(H2,24,26,27,28)/t17-,31-/m1/s1. The predicted octanol–water partition coefficient (Wildman–Crippen LogP) is 8.00. The number of nitrogens with one attached hydrogen (secondary N) is 3. The van der Waals surface area contributed by atoms with Crippen LogP contribution in [0.1, 0.15) is 6.92 Å². The highest BCUT2D eigenvalue weighted by Crippen LogP contribution is 2.49. The number of carbonyl (C=O) groups excluding carboxylic acids is 1. The van der Waals surface area contributed by atoms with E-state index in [1.807, 2.05) is 0 Å². The van der Waals surface area contributed by atoms with E-state index in [1.165, 1.54) is 31.4 Å². The summed E-state index contributed by atoms with van der Waals surface area (Å²) >= 11 is 36.2. The topological polar surface area (TPSA) is 88.7 Å². The molecule has 2 rings (SSSR count). The van der Waals surface area contributed by atoms with Crippen molar-refractivity contribution >= 4 is 94.5 Å². The molecule has 31 heavy (non-hydrogen) atoms. The molecule has 0 radical (unpaired) electrons. The second kappa shape index (κ2) is 11.5. The van der Waals surface area contributed by atoms with Crippen LogP contribution in [0.25, 0.3) is 0 Å². The average Bonchev–Trinajstić information content (AvgIpc) is 2.64. The van der Waals surface area contributed by atoms with E-state index in [-0.39, 0.29) is 43.1 Å².